The van der Waals surface area contributed by atoms with Crippen molar-refractivity contribution in [3.05, 3.63) is 120 Å². The summed E-state index contributed by atoms with van der Waals surface area (Å²) in [4.78, 5) is 26.2. The Bertz CT molecular complexity index is 1790. The van der Waals surface area contributed by atoms with Crippen molar-refractivity contribution < 1.29 is 23.1 Å². The molecule has 0 aliphatic heterocycles. The van der Waals surface area contributed by atoms with Crippen LogP contribution >= 0.6 is 0 Å². The van der Waals surface area contributed by atoms with Crippen LogP contribution in [0.2, 0.25) is 0 Å². The Morgan fingerprint density at radius 1 is 0.857 bits per heavy atom. The van der Waals surface area contributed by atoms with E-state index in [2.05, 4.69) is 24.2 Å². The Labute approximate surface area is 242 Å². The van der Waals surface area contributed by atoms with Crippen LogP contribution in [0.25, 0.3) is 16.6 Å². The molecule has 1 saturated carbocycles. The number of benzene rings is 3. The number of aryl methyl sites for hydroxylation is 1. The molecule has 0 radical (unpaired) electrons. The number of ketones is 2. The molecule has 1 aliphatic rings. The standard InChI is InChI=1S/C35H30F2N2O3/c1-2-4-23-5-3-6-26(19-23)28-14-18-39-34(28)31(13-17-38-39)42-30-12-9-25(20-29(30)37)22-33(41)35(15-16-35)32(40)21-24-7-10-27(36)11-8-24/h3,5-14,17-20H,2,4,15-16,21-22H2,1H3. The fourth-order valence-corrected chi connectivity index (χ4v) is 5.52. The molecule has 0 atom stereocenters. The van der Waals surface area contributed by atoms with Crippen LogP contribution in [0, 0.1) is 17.0 Å². The number of nitrogens with zero attached hydrogens (tertiary/aromatic N) is 2. The second kappa shape index (κ2) is 11.3. The zero-order chi connectivity index (χ0) is 29.3. The smallest absolute Gasteiger partial charge is 0.166 e. The maximum absolute atomic E-state index is 15.3. The van der Waals surface area contributed by atoms with Gasteiger partial charge in [0.1, 0.15) is 11.3 Å². The summed E-state index contributed by atoms with van der Waals surface area (Å²) >= 11 is 0. The number of Topliss-reactive ketones (excluding diaryl/α,β-unsaturated/α-hetero) is 2. The molecule has 0 saturated heterocycles. The monoisotopic (exact) mass is 564 g/mol. The predicted molar refractivity (Wildman–Crippen MR) is 157 cm³/mol. The van der Waals surface area contributed by atoms with E-state index in [9.17, 15) is 14.0 Å². The summed E-state index contributed by atoms with van der Waals surface area (Å²) < 4.78 is 36.3. The first-order chi connectivity index (χ1) is 20.4. The summed E-state index contributed by atoms with van der Waals surface area (Å²) in [6.07, 6.45) is 6.45. The molecule has 1 fully saturated rings. The van der Waals surface area contributed by atoms with Gasteiger partial charge in [-0.3, -0.25) is 9.59 Å². The molecule has 2 heterocycles. The largest absolute Gasteiger partial charge is 0.452 e. The normalized spacial score (nSPS) is 13.7. The molecular formula is C35H30F2N2O3. The first-order valence-electron chi connectivity index (χ1n) is 14.2. The predicted octanol–water partition coefficient (Wildman–Crippen LogP) is 7.73. The zero-order valence-corrected chi connectivity index (χ0v) is 23.3. The number of fused-ring (bicyclic) bond motifs is 1. The Morgan fingerprint density at radius 3 is 2.31 bits per heavy atom. The van der Waals surface area contributed by atoms with E-state index in [1.807, 2.05) is 24.4 Å². The third-order valence-corrected chi connectivity index (χ3v) is 7.97. The molecule has 0 unspecified atom stereocenters. The van der Waals surface area contributed by atoms with Gasteiger partial charge in [-0.2, -0.15) is 5.10 Å². The Balaban J connectivity index is 1.19. The number of carbonyl (C=O) groups is 2. The quantitative estimate of drug-likeness (QED) is 0.154. The van der Waals surface area contributed by atoms with Crippen LogP contribution in [-0.4, -0.2) is 21.2 Å². The van der Waals surface area contributed by atoms with E-state index in [0.29, 0.717) is 29.7 Å². The Kier molecular flexibility index (Phi) is 7.42. The van der Waals surface area contributed by atoms with Gasteiger partial charge < -0.3 is 4.74 Å². The molecule has 5 aromatic rings. The second-order valence-electron chi connectivity index (χ2n) is 10.9. The van der Waals surface area contributed by atoms with Crippen molar-refractivity contribution in [2.24, 2.45) is 5.41 Å². The van der Waals surface area contributed by atoms with Crippen LogP contribution in [0.1, 0.15) is 42.9 Å². The number of rotatable bonds is 11. The lowest BCUT2D eigenvalue weighted by molar-refractivity contribution is -0.133. The summed E-state index contributed by atoms with van der Waals surface area (Å²) in [5.41, 5.74) is 4.02. The number of hydrogen-bond donors (Lipinski definition) is 0. The summed E-state index contributed by atoms with van der Waals surface area (Å²) in [7, 11) is 0. The number of hydrogen-bond acceptors (Lipinski definition) is 4. The first kappa shape index (κ1) is 27.5. The molecule has 5 nitrogen and oxygen atoms in total. The van der Waals surface area contributed by atoms with E-state index < -0.39 is 11.2 Å². The van der Waals surface area contributed by atoms with Crippen molar-refractivity contribution in [3.8, 4) is 22.6 Å². The molecule has 6 rings (SSSR count). The highest BCUT2D eigenvalue weighted by molar-refractivity contribution is 6.11. The van der Waals surface area contributed by atoms with Crippen LogP contribution in [0.5, 0.6) is 11.5 Å². The molecule has 3 aromatic carbocycles. The molecule has 212 valence electrons. The SMILES string of the molecule is CCCc1cccc(-c2ccn3nccc(Oc4ccc(CC(=O)C5(C(=O)Cc6ccc(F)cc6)CC5)cc4F)c23)c1. The van der Waals surface area contributed by atoms with Gasteiger partial charge >= 0.3 is 0 Å². The molecular weight excluding hydrogens is 534 g/mol. The van der Waals surface area contributed by atoms with E-state index in [-0.39, 0.29) is 36.0 Å². The topological polar surface area (TPSA) is 60.7 Å². The molecule has 7 heteroatoms. The number of halogens is 2. The zero-order valence-electron chi connectivity index (χ0n) is 23.3. The van der Waals surface area contributed by atoms with Crippen molar-refractivity contribution in [2.75, 3.05) is 0 Å². The molecule has 0 spiro atoms. The van der Waals surface area contributed by atoms with Crippen molar-refractivity contribution in [2.45, 2.75) is 45.4 Å². The number of ether oxygens (including phenoxy) is 1. The summed E-state index contributed by atoms with van der Waals surface area (Å²) in [5.74, 6) is -0.893. The highest BCUT2D eigenvalue weighted by Gasteiger charge is 2.54. The van der Waals surface area contributed by atoms with Crippen LogP contribution in [0.15, 0.2) is 91.3 Å². The second-order valence-corrected chi connectivity index (χ2v) is 10.9. The van der Waals surface area contributed by atoms with E-state index in [4.69, 9.17) is 4.74 Å². The van der Waals surface area contributed by atoms with Gasteiger partial charge in [0, 0.05) is 30.7 Å². The van der Waals surface area contributed by atoms with Gasteiger partial charge in [-0.15, -0.1) is 0 Å². The van der Waals surface area contributed by atoms with Gasteiger partial charge in [0.05, 0.1) is 11.6 Å². The molecule has 0 amide bonds. The molecule has 0 N–H and O–H groups in total. The van der Waals surface area contributed by atoms with Crippen molar-refractivity contribution in [3.63, 3.8) is 0 Å². The van der Waals surface area contributed by atoms with E-state index in [0.717, 1.165) is 29.5 Å². The first-order valence-corrected chi connectivity index (χ1v) is 14.2. The molecule has 1 aliphatic carbocycles. The maximum atomic E-state index is 15.3. The molecule has 42 heavy (non-hydrogen) atoms. The number of carbonyl (C=O) groups excluding carboxylic acids is 2. The summed E-state index contributed by atoms with van der Waals surface area (Å²) in [5, 5.41) is 4.39. The van der Waals surface area contributed by atoms with Gasteiger partial charge in [-0.1, -0.05) is 55.8 Å². The average Bonchev–Trinajstić information content (AvgIpc) is 3.69. The van der Waals surface area contributed by atoms with Crippen LogP contribution in [0.3, 0.4) is 0 Å². The lowest BCUT2D eigenvalue weighted by atomic mass is 9.88. The van der Waals surface area contributed by atoms with Crippen LogP contribution < -0.4 is 4.74 Å². The van der Waals surface area contributed by atoms with Crippen molar-refractivity contribution in [1.29, 1.82) is 0 Å². The molecule has 0 bridgehead atoms. The minimum Gasteiger partial charge on any atom is -0.452 e. The van der Waals surface area contributed by atoms with Crippen LogP contribution in [0.4, 0.5) is 8.78 Å². The summed E-state index contributed by atoms with van der Waals surface area (Å²) in [6.45, 7) is 2.14. The fourth-order valence-electron chi connectivity index (χ4n) is 5.52. The fraction of sp³-hybridized carbons (Fsp3) is 0.229. The number of aromatic nitrogens is 2. The highest BCUT2D eigenvalue weighted by atomic mass is 19.1. The van der Waals surface area contributed by atoms with E-state index in [1.54, 1.807) is 35.0 Å². The van der Waals surface area contributed by atoms with Crippen molar-refractivity contribution >= 4 is 17.1 Å². The van der Waals surface area contributed by atoms with Gasteiger partial charge in [-0.25, -0.2) is 13.3 Å². The third-order valence-electron chi connectivity index (χ3n) is 7.97. The summed E-state index contributed by atoms with van der Waals surface area (Å²) in [6, 6.07) is 22.2. The van der Waals surface area contributed by atoms with Gasteiger partial charge in [0.25, 0.3) is 0 Å². The minimum absolute atomic E-state index is 0.0275. The lowest BCUT2D eigenvalue weighted by Crippen LogP contribution is -2.28. The highest BCUT2D eigenvalue weighted by Crippen LogP contribution is 2.49. The van der Waals surface area contributed by atoms with Crippen LogP contribution in [-0.2, 0) is 28.9 Å². The van der Waals surface area contributed by atoms with Crippen molar-refractivity contribution in [1.82, 2.24) is 9.61 Å². The minimum atomic E-state index is -1.04. The Morgan fingerprint density at radius 2 is 1.60 bits per heavy atom. The van der Waals surface area contributed by atoms with Gasteiger partial charge in [-0.05, 0) is 71.8 Å². The molecule has 2 aromatic heterocycles. The Hall–Kier alpha value is -4.65. The van der Waals surface area contributed by atoms with E-state index in [1.165, 1.54) is 29.8 Å². The average molecular weight is 565 g/mol. The lowest BCUT2D eigenvalue weighted by Gasteiger charge is -2.14. The maximum Gasteiger partial charge on any atom is 0.166 e. The third kappa shape index (κ3) is 5.47. The van der Waals surface area contributed by atoms with E-state index >= 15 is 4.39 Å². The van der Waals surface area contributed by atoms with Gasteiger partial charge in [0.2, 0.25) is 0 Å². The van der Waals surface area contributed by atoms with Gasteiger partial charge in [0.15, 0.2) is 28.9 Å².